The van der Waals surface area contributed by atoms with E-state index in [4.69, 9.17) is 0 Å². The van der Waals surface area contributed by atoms with Crippen LogP contribution < -0.4 is 20.4 Å². The SMILES string of the molecule is CC1(C)CCCCN1S(=O)(=O)Cc1cccc(NC(=O)N2CCCN(c3ccc4c5c(cccc35)C(=O)N4C3CCC(=O)NC3=O)CC2)c1. The molecule has 0 spiro atoms. The number of amides is 5. The molecule has 3 aromatic carbocycles. The number of carbonyl (C=O) groups is 4. The second-order valence-electron chi connectivity index (χ2n) is 14.0. The quantitative estimate of drug-likeness (QED) is 0.366. The van der Waals surface area contributed by atoms with Crippen LogP contribution >= 0.6 is 0 Å². The van der Waals surface area contributed by atoms with Gasteiger partial charge in [0.25, 0.3) is 5.91 Å². The zero-order chi connectivity index (χ0) is 34.5. The molecule has 13 heteroatoms. The second-order valence-corrected chi connectivity index (χ2v) is 15.9. The Morgan fingerprint density at radius 3 is 2.51 bits per heavy atom. The van der Waals surface area contributed by atoms with Crippen molar-refractivity contribution in [3.05, 3.63) is 65.7 Å². The van der Waals surface area contributed by atoms with Crippen LogP contribution in [0.15, 0.2) is 54.6 Å². The van der Waals surface area contributed by atoms with E-state index >= 15 is 0 Å². The van der Waals surface area contributed by atoms with Gasteiger partial charge in [-0.15, -0.1) is 0 Å². The van der Waals surface area contributed by atoms with Crippen LogP contribution in [-0.4, -0.2) is 85.7 Å². The Balaban J connectivity index is 1.04. The maximum Gasteiger partial charge on any atom is 0.321 e. The number of carbonyl (C=O) groups excluding carboxylic acids is 4. The monoisotopic (exact) mass is 686 g/mol. The summed E-state index contributed by atoms with van der Waals surface area (Å²) in [5, 5.41) is 7.04. The van der Waals surface area contributed by atoms with Crippen LogP contribution in [0, 0.1) is 0 Å². The molecule has 0 aliphatic carbocycles. The van der Waals surface area contributed by atoms with Gasteiger partial charge in [-0.2, -0.15) is 4.31 Å². The maximum atomic E-state index is 13.6. The largest absolute Gasteiger partial charge is 0.369 e. The molecule has 4 aliphatic heterocycles. The maximum absolute atomic E-state index is 13.6. The average Bonchev–Trinajstić information content (AvgIpc) is 3.18. The molecular weight excluding hydrogens is 644 g/mol. The van der Waals surface area contributed by atoms with Crippen LogP contribution in [-0.2, 0) is 25.4 Å². The standard InChI is InChI=1S/C36H42N6O6S/c1-36(2)16-3-4-19-41(36)49(47,48)23-24-8-5-9-25(22-24)37-35(46)40-18-7-17-39(20-21-40)28-12-13-29-32-26(28)10-6-11-27(32)34(45)42(29)30-14-15-31(43)38-33(30)44/h5-6,8-13,22,30H,3-4,7,14-21,23H2,1-2H3,(H,37,46)(H,38,43,44). The molecular formula is C36H42N6O6S. The van der Waals surface area contributed by atoms with E-state index in [9.17, 15) is 27.6 Å². The molecule has 4 aliphatic rings. The van der Waals surface area contributed by atoms with E-state index in [1.54, 1.807) is 39.5 Å². The lowest BCUT2D eigenvalue weighted by Gasteiger charge is -2.41. The van der Waals surface area contributed by atoms with Gasteiger partial charge in [-0.05, 0) is 75.4 Å². The van der Waals surface area contributed by atoms with Crippen LogP contribution in [0.25, 0.3) is 10.8 Å². The molecule has 0 radical (unpaired) electrons. The van der Waals surface area contributed by atoms with E-state index in [1.807, 2.05) is 38.1 Å². The van der Waals surface area contributed by atoms with E-state index in [1.165, 1.54) is 4.90 Å². The topological polar surface area (TPSA) is 139 Å². The van der Waals surface area contributed by atoms with Gasteiger partial charge in [0.05, 0.1) is 11.4 Å². The van der Waals surface area contributed by atoms with Crippen molar-refractivity contribution in [3.63, 3.8) is 0 Å². The van der Waals surface area contributed by atoms with Gasteiger partial charge in [-0.3, -0.25) is 24.6 Å². The third kappa shape index (κ3) is 6.25. The van der Waals surface area contributed by atoms with Gasteiger partial charge in [-0.1, -0.05) is 30.7 Å². The van der Waals surface area contributed by atoms with Gasteiger partial charge >= 0.3 is 6.03 Å². The predicted octanol–water partition coefficient (Wildman–Crippen LogP) is 4.44. The fourth-order valence-electron chi connectivity index (χ4n) is 7.85. The number of benzene rings is 3. The summed E-state index contributed by atoms with van der Waals surface area (Å²) in [6.45, 7) is 6.77. The number of nitrogens with one attached hydrogen (secondary N) is 2. The highest BCUT2D eigenvalue weighted by molar-refractivity contribution is 7.88. The van der Waals surface area contributed by atoms with Crippen molar-refractivity contribution in [2.24, 2.45) is 0 Å². The Bertz CT molecular complexity index is 1960. The normalized spacial score (nSPS) is 21.6. The number of piperidine rings is 2. The van der Waals surface area contributed by atoms with Gasteiger partial charge in [0.1, 0.15) is 6.04 Å². The van der Waals surface area contributed by atoms with E-state index in [2.05, 4.69) is 15.5 Å². The summed E-state index contributed by atoms with van der Waals surface area (Å²) in [5.41, 5.74) is 2.91. The first kappa shape index (κ1) is 33.0. The van der Waals surface area contributed by atoms with Crippen LogP contribution in [0.2, 0.25) is 0 Å². The first-order valence-corrected chi connectivity index (χ1v) is 18.7. The molecule has 5 amide bonds. The number of anilines is 3. The molecule has 0 aromatic heterocycles. The number of rotatable bonds is 6. The Morgan fingerprint density at radius 2 is 1.71 bits per heavy atom. The smallest absolute Gasteiger partial charge is 0.321 e. The molecule has 7 rings (SSSR count). The summed E-state index contributed by atoms with van der Waals surface area (Å²) in [5.74, 6) is -1.16. The van der Waals surface area contributed by atoms with Crippen molar-refractivity contribution in [1.82, 2.24) is 14.5 Å². The summed E-state index contributed by atoms with van der Waals surface area (Å²) < 4.78 is 28.4. The molecule has 1 unspecified atom stereocenters. The Kier molecular flexibility index (Phi) is 8.60. The fourth-order valence-corrected chi connectivity index (χ4v) is 9.86. The van der Waals surface area contributed by atoms with Crippen LogP contribution in [0.3, 0.4) is 0 Å². The Labute approximate surface area is 286 Å². The predicted molar refractivity (Wildman–Crippen MR) is 188 cm³/mol. The molecule has 4 heterocycles. The molecule has 3 fully saturated rings. The van der Waals surface area contributed by atoms with E-state index in [0.717, 1.165) is 42.1 Å². The van der Waals surface area contributed by atoms with Crippen LogP contribution in [0.4, 0.5) is 21.9 Å². The average molecular weight is 687 g/mol. The minimum absolute atomic E-state index is 0.121. The summed E-state index contributed by atoms with van der Waals surface area (Å²) in [7, 11) is -3.53. The lowest BCUT2D eigenvalue weighted by atomic mass is 9.93. The van der Waals surface area contributed by atoms with Gasteiger partial charge in [0.15, 0.2) is 0 Å². The van der Waals surface area contributed by atoms with E-state index < -0.39 is 27.5 Å². The molecule has 49 heavy (non-hydrogen) atoms. The number of hydrogen-bond donors (Lipinski definition) is 2. The first-order valence-electron chi connectivity index (χ1n) is 17.1. The van der Waals surface area contributed by atoms with E-state index in [-0.39, 0.29) is 36.4 Å². The molecule has 3 saturated heterocycles. The second kappa shape index (κ2) is 12.8. The van der Waals surface area contributed by atoms with E-state index in [0.29, 0.717) is 55.2 Å². The van der Waals surface area contributed by atoms with Crippen molar-refractivity contribution in [3.8, 4) is 0 Å². The Morgan fingerprint density at radius 1 is 0.918 bits per heavy atom. The minimum atomic E-state index is -3.53. The highest BCUT2D eigenvalue weighted by atomic mass is 32.2. The first-order chi connectivity index (χ1) is 23.4. The third-order valence-corrected chi connectivity index (χ3v) is 12.3. The molecule has 12 nitrogen and oxygen atoms in total. The molecule has 3 aromatic rings. The fraction of sp³-hybridized carbons (Fsp3) is 0.444. The van der Waals surface area contributed by atoms with Gasteiger partial charge < -0.3 is 15.1 Å². The van der Waals surface area contributed by atoms with Crippen molar-refractivity contribution in [1.29, 1.82) is 0 Å². The van der Waals surface area contributed by atoms with Crippen molar-refractivity contribution >= 4 is 61.6 Å². The van der Waals surface area contributed by atoms with Gasteiger partial charge in [0, 0.05) is 72.4 Å². The molecule has 258 valence electrons. The highest BCUT2D eigenvalue weighted by Crippen LogP contribution is 2.43. The van der Waals surface area contributed by atoms with Crippen molar-refractivity contribution < 1.29 is 27.6 Å². The highest BCUT2D eigenvalue weighted by Gasteiger charge is 2.41. The number of hydrogen-bond acceptors (Lipinski definition) is 7. The molecule has 0 saturated carbocycles. The van der Waals surface area contributed by atoms with Gasteiger partial charge in [0.2, 0.25) is 21.8 Å². The van der Waals surface area contributed by atoms with Crippen molar-refractivity contribution in [2.45, 2.75) is 69.7 Å². The van der Waals surface area contributed by atoms with Crippen molar-refractivity contribution in [2.75, 3.05) is 47.8 Å². The lowest BCUT2D eigenvalue weighted by molar-refractivity contribution is -0.134. The zero-order valence-electron chi connectivity index (χ0n) is 27.9. The number of sulfonamides is 1. The zero-order valence-corrected chi connectivity index (χ0v) is 28.7. The molecule has 2 N–H and O–H groups in total. The summed E-state index contributed by atoms with van der Waals surface area (Å²) >= 11 is 0. The molecule has 1 atom stereocenters. The number of imide groups is 1. The minimum Gasteiger partial charge on any atom is -0.369 e. The van der Waals surface area contributed by atoms with Crippen LogP contribution in [0.5, 0.6) is 0 Å². The summed E-state index contributed by atoms with van der Waals surface area (Å²) in [6.07, 6.45) is 3.89. The molecule has 0 bridgehead atoms. The van der Waals surface area contributed by atoms with Gasteiger partial charge in [-0.25, -0.2) is 13.2 Å². The summed E-state index contributed by atoms with van der Waals surface area (Å²) in [4.78, 5) is 57.0. The Hall–Kier alpha value is -4.49. The number of urea groups is 1. The van der Waals surface area contributed by atoms with Crippen LogP contribution in [0.1, 0.15) is 68.3 Å². The number of nitrogens with zero attached hydrogens (tertiary/aromatic N) is 4. The third-order valence-electron chi connectivity index (χ3n) is 10.3. The lowest BCUT2D eigenvalue weighted by Crippen LogP contribution is -2.53. The summed E-state index contributed by atoms with van der Waals surface area (Å²) in [6, 6.07) is 15.5.